The molecule has 0 fully saturated rings. The minimum atomic E-state index is -3.79. The number of amides is 1. The van der Waals surface area contributed by atoms with Gasteiger partial charge in [0, 0.05) is 9.50 Å². The number of nitrogens with zero attached hydrogens (tertiary/aromatic N) is 1. The van der Waals surface area contributed by atoms with Crippen molar-refractivity contribution in [3.63, 3.8) is 0 Å². The average Bonchev–Trinajstić information content (AvgIpc) is 2.53. The third kappa shape index (κ3) is 4.96. The van der Waals surface area contributed by atoms with Gasteiger partial charge in [-0.25, -0.2) is 12.8 Å². The Bertz CT molecular complexity index is 924. The fourth-order valence-corrected chi connectivity index (χ4v) is 4.20. The van der Waals surface area contributed by atoms with Gasteiger partial charge in [0.1, 0.15) is 11.9 Å². The molecule has 2 aromatic carbocycles. The molecule has 0 saturated heterocycles. The van der Waals surface area contributed by atoms with Crippen LogP contribution in [0.5, 0.6) is 0 Å². The van der Waals surface area contributed by atoms with E-state index >= 15 is 0 Å². The molecule has 1 atom stereocenters. The molecule has 0 spiro atoms. The lowest BCUT2D eigenvalue weighted by molar-refractivity contribution is -0.117. The van der Waals surface area contributed by atoms with Crippen molar-refractivity contribution < 1.29 is 17.6 Å². The molecular formula is C17H17BrClFN2O3S. The molecule has 1 amide bonds. The Morgan fingerprint density at radius 3 is 2.54 bits per heavy atom. The van der Waals surface area contributed by atoms with Crippen LogP contribution >= 0.6 is 27.5 Å². The van der Waals surface area contributed by atoms with Crippen molar-refractivity contribution in [1.29, 1.82) is 0 Å². The van der Waals surface area contributed by atoms with Crippen LogP contribution < -0.4 is 9.62 Å². The van der Waals surface area contributed by atoms with Gasteiger partial charge in [-0.15, -0.1) is 0 Å². The second kappa shape index (κ2) is 8.37. The van der Waals surface area contributed by atoms with E-state index in [1.165, 1.54) is 18.2 Å². The Hall–Kier alpha value is -1.64. The molecule has 0 saturated carbocycles. The van der Waals surface area contributed by atoms with Crippen LogP contribution in [0.3, 0.4) is 0 Å². The predicted molar refractivity (Wildman–Crippen MR) is 106 cm³/mol. The maximum absolute atomic E-state index is 14.0. The first kappa shape index (κ1) is 20.7. The summed E-state index contributed by atoms with van der Waals surface area (Å²) in [5.74, 6) is -1.27. The minimum Gasteiger partial charge on any atom is -0.322 e. The fourth-order valence-electron chi connectivity index (χ4n) is 2.48. The van der Waals surface area contributed by atoms with E-state index in [0.717, 1.165) is 10.6 Å². The highest BCUT2D eigenvalue weighted by Crippen LogP contribution is 2.26. The van der Waals surface area contributed by atoms with Crippen LogP contribution in [0.25, 0.3) is 0 Å². The average molecular weight is 464 g/mol. The number of carbonyl (C=O) groups is 1. The maximum atomic E-state index is 14.0. The molecule has 140 valence electrons. The van der Waals surface area contributed by atoms with Gasteiger partial charge in [-0.2, -0.15) is 0 Å². The van der Waals surface area contributed by atoms with Crippen molar-refractivity contribution in [2.45, 2.75) is 19.4 Å². The summed E-state index contributed by atoms with van der Waals surface area (Å²) in [6.45, 7) is 1.67. The van der Waals surface area contributed by atoms with Crippen LogP contribution in [0.1, 0.15) is 13.3 Å². The summed E-state index contributed by atoms with van der Waals surface area (Å²) in [4.78, 5) is 12.7. The number of benzene rings is 2. The van der Waals surface area contributed by atoms with E-state index in [9.17, 15) is 17.6 Å². The van der Waals surface area contributed by atoms with Crippen molar-refractivity contribution >= 4 is 54.8 Å². The first-order valence-electron chi connectivity index (χ1n) is 7.64. The number of rotatable bonds is 6. The molecule has 0 aromatic heterocycles. The van der Waals surface area contributed by atoms with Crippen LogP contribution in [0.4, 0.5) is 15.8 Å². The summed E-state index contributed by atoms with van der Waals surface area (Å²) in [6, 6.07) is 9.31. The second-order valence-electron chi connectivity index (χ2n) is 5.58. The molecule has 0 heterocycles. The van der Waals surface area contributed by atoms with Crippen molar-refractivity contribution in [3.05, 3.63) is 57.8 Å². The zero-order valence-electron chi connectivity index (χ0n) is 14.0. The molecule has 0 bridgehead atoms. The van der Waals surface area contributed by atoms with E-state index in [1.807, 2.05) is 0 Å². The summed E-state index contributed by atoms with van der Waals surface area (Å²) in [5, 5.41) is 2.79. The van der Waals surface area contributed by atoms with E-state index in [-0.39, 0.29) is 17.8 Å². The van der Waals surface area contributed by atoms with Gasteiger partial charge in [0.25, 0.3) is 0 Å². The van der Waals surface area contributed by atoms with Crippen LogP contribution in [-0.4, -0.2) is 26.6 Å². The Balaban J connectivity index is 2.40. The highest BCUT2D eigenvalue weighted by atomic mass is 79.9. The first-order chi connectivity index (χ1) is 12.1. The second-order valence-corrected chi connectivity index (χ2v) is 8.79. The van der Waals surface area contributed by atoms with Gasteiger partial charge >= 0.3 is 0 Å². The van der Waals surface area contributed by atoms with Crippen molar-refractivity contribution in [3.8, 4) is 0 Å². The third-order valence-electron chi connectivity index (χ3n) is 3.58. The number of sulfonamides is 1. The van der Waals surface area contributed by atoms with Gasteiger partial charge in [0.15, 0.2) is 0 Å². The molecule has 0 radical (unpaired) electrons. The Morgan fingerprint density at radius 1 is 1.31 bits per heavy atom. The lowest BCUT2D eigenvalue weighted by Crippen LogP contribution is -2.47. The SMILES string of the molecule is CC[C@@H](C(=O)Nc1ccc(Br)cc1F)N(c1cccc(Cl)c1)S(C)(=O)=O. The number of carbonyl (C=O) groups excluding carboxylic acids is 1. The normalized spacial score (nSPS) is 12.5. The monoisotopic (exact) mass is 462 g/mol. The largest absolute Gasteiger partial charge is 0.322 e. The fraction of sp³-hybridized carbons (Fsp3) is 0.235. The van der Waals surface area contributed by atoms with E-state index < -0.39 is 27.8 Å². The highest BCUT2D eigenvalue weighted by molar-refractivity contribution is 9.10. The molecule has 0 aliphatic carbocycles. The Kier molecular flexibility index (Phi) is 6.65. The molecular weight excluding hydrogens is 447 g/mol. The molecule has 2 rings (SSSR count). The first-order valence-corrected chi connectivity index (χ1v) is 10.7. The lowest BCUT2D eigenvalue weighted by Gasteiger charge is -2.30. The number of hydrogen-bond acceptors (Lipinski definition) is 3. The predicted octanol–water partition coefficient (Wildman–Crippen LogP) is 4.42. The van der Waals surface area contributed by atoms with Crippen LogP contribution in [0, 0.1) is 5.82 Å². The summed E-state index contributed by atoms with van der Waals surface area (Å²) in [6.07, 6.45) is 1.19. The van der Waals surface area contributed by atoms with Crippen molar-refractivity contribution in [2.24, 2.45) is 0 Å². The molecule has 9 heteroatoms. The smallest absolute Gasteiger partial charge is 0.248 e. The molecule has 0 unspecified atom stereocenters. The summed E-state index contributed by atoms with van der Waals surface area (Å²) >= 11 is 9.09. The number of halogens is 3. The number of nitrogens with one attached hydrogen (secondary N) is 1. The summed E-state index contributed by atoms with van der Waals surface area (Å²) < 4.78 is 40.2. The Morgan fingerprint density at radius 2 is 2.00 bits per heavy atom. The molecule has 1 N–H and O–H groups in total. The highest BCUT2D eigenvalue weighted by Gasteiger charge is 2.32. The van der Waals surface area contributed by atoms with E-state index in [2.05, 4.69) is 21.2 Å². The number of hydrogen-bond donors (Lipinski definition) is 1. The van der Waals surface area contributed by atoms with E-state index in [1.54, 1.807) is 31.2 Å². The summed E-state index contributed by atoms with van der Waals surface area (Å²) in [5.41, 5.74) is 0.231. The minimum absolute atomic E-state index is 0.0313. The van der Waals surface area contributed by atoms with E-state index in [4.69, 9.17) is 11.6 Å². The summed E-state index contributed by atoms with van der Waals surface area (Å²) in [7, 11) is -3.79. The van der Waals surface area contributed by atoms with Gasteiger partial charge in [0.05, 0.1) is 17.6 Å². The molecule has 0 aliphatic heterocycles. The lowest BCUT2D eigenvalue weighted by atomic mass is 10.1. The molecule has 26 heavy (non-hydrogen) atoms. The quantitative estimate of drug-likeness (QED) is 0.689. The molecule has 5 nitrogen and oxygen atoms in total. The molecule has 2 aromatic rings. The zero-order chi connectivity index (χ0) is 19.5. The van der Waals surface area contributed by atoms with Crippen LogP contribution in [0.15, 0.2) is 46.9 Å². The standard InChI is InChI=1S/C17H17BrClFN2O3S/c1-3-16(17(23)21-15-8-7-11(18)9-14(15)20)22(26(2,24)25)13-6-4-5-12(19)10-13/h4-10,16H,3H2,1-2H3,(H,21,23)/t16-/m0/s1. The van der Waals surface area contributed by atoms with Gasteiger partial charge in [0.2, 0.25) is 15.9 Å². The Labute approximate surface area is 165 Å². The topological polar surface area (TPSA) is 66.5 Å². The maximum Gasteiger partial charge on any atom is 0.248 e. The van der Waals surface area contributed by atoms with Crippen molar-refractivity contribution in [2.75, 3.05) is 15.9 Å². The van der Waals surface area contributed by atoms with Crippen LogP contribution in [-0.2, 0) is 14.8 Å². The number of anilines is 2. The molecule has 0 aliphatic rings. The van der Waals surface area contributed by atoms with E-state index in [0.29, 0.717) is 9.50 Å². The van der Waals surface area contributed by atoms with Gasteiger partial charge in [-0.1, -0.05) is 40.5 Å². The van der Waals surface area contributed by atoms with Crippen LogP contribution in [0.2, 0.25) is 5.02 Å². The zero-order valence-corrected chi connectivity index (χ0v) is 17.2. The van der Waals surface area contributed by atoms with Gasteiger partial charge in [-0.3, -0.25) is 9.10 Å². The third-order valence-corrected chi connectivity index (χ3v) is 5.49. The van der Waals surface area contributed by atoms with Gasteiger partial charge in [-0.05, 0) is 42.8 Å². The van der Waals surface area contributed by atoms with Crippen molar-refractivity contribution in [1.82, 2.24) is 0 Å². The van der Waals surface area contributed by atoms with Gasteiger partial charge < -0.3 is 5.32 Å².